The normalized spacial score (nSPS) is 14.6. The summed E-state index contributed by atoms with van der Waals surface area (Å²) in [5.41, 5.74) is 33.5. The number of nitrogens with one attached hydrogen (secondary N) is 1. The average molecular weight is 2030 g/mol. The van der Waals surface area contributed by atoms with Crippen molar-refractivity contribution in [3.8, 4) is 55.6 Å². The van der Waals surface area contributed by atoms with Crippen LogP contribution in [-0.2, 0) is 25.6 Å². The standard InChI is InChI=1S/C45H28FN.C33H27BO2.C33H19Br.C12H10FN.C6H4BrI/c46-33-21-25-36(26-22-33)47(34-10-2-1-3-11-34)35-23-19-29(20-24-35)32-27-31-18-17-30-9-8-16-41-43(30)44(31)42(28-32)45(41)39-14-6-4-12-37(39)38-13-5-7-15-40(38)45;1-31(2)32(3,4)36-34(35-31)22-18-21-17-16-20-10-9-15-27-29(20)30(21)28(19-22)33(27)25-13-7-5-11-23(25)24-12-6-8-14-26(24)33;34-24-16-14-20(15-17-24)23-18-22-13-12-21-6-5-11-29-31(21)32(22)30(19-23)33(29)27-9-3-1-7-25(27)26-8-2-4-10-28(26)33;13-10-6-8-12(9-7-10)14-11-4-2-1-3-5-11;7-5-1-3-6(8)4-2-5/h1-28H;5-19H,1-4H3;1-19H;1-9,14H;1-4H. The maximum Gasteiger partial charge on any atom is 0.494 e. The number of rotatable bonds is 8. The van der Waals surface area contributed by atoms with E-state index < -0.39 is 7.12 Å². The maximum atomic E-state index is 13.9. The van der Waals surface area contributed by atoms with Crippen LogP contribution in [0.4, 0.5) is 37.2 Å². The molecule has 0 saturated carbocycles. The van der Waals surface area contributed by atoms with E-state index in [9.17, 15) is 8.78 Å². The van der Waals surface area contributed by atoms with Crippen molar-refractivity contribution < 1.29 is 18.1 Å². The molecular formula is C129H88BBr2F2IN2O2. The van der Waals surface area contributed by atoms with E-state index >= 15 is 0 Å². The topological polar surface area (TPSA) is 33.7 Å². The molecule has 139 heavy (non-hydrogen) atoms. The third kappa shape index (κ3) is 13.7. The zero-order valence-electron chi connectivity index (χ0n) is 76.5. The highest BCUT2D eigenvalue weighted by atomic mass is 127. The van der Waals surface area contributed by atoms with Crippen LogP contribution < -0.4 is 15.7 Å². The fraction of sp³-hybridized carbons (Fsp3) is 0.0698. The maximum absolute atomic E-state index is 13.9. The Labute approximate surface area is 837 Å². The molecule has 0 atom stereocenters. The number of hydrogen-bond donors (Lipinski definition) is 1. The molecule has 0 bridgehead atoms. The summed E-state index contributed by atoms with van der Waals surface area (Å²) < 4.78 is 43.1. The third-order valence-electron chi connectivity index (χ3n) is 30.1. The van der Waals surface area contributed by atoms with Crippen molar-refractivity contribution in [1.29, 1.82) is 0 Å². The van der Waals surface area contributed by atoms with Gasteiger partial charge in [-0.2, -0.15) is 0 Å². The molecule has 29 rings (SSSR count). The van der Waals surface area contributed by atoms with E-state index in [1.807, 2.05) is 72.8 Å². The van der Waals surface area contributed by atoms with Crippen molar-refractivity contribution >= 4 is 160 Å². The highest BCUT2D eigenvalue weighted by Gasteiger charge is 2.57. The lowest BCUT2D eigenvalue weighted by Crippen LogP contribution is -2.41. The number of fused-ring (bicyclic) bond motifs is 21. The largest absolute Gasteiger partial charge is 0.494 e. The number of nitrogens with zero attached hydrogens (tertiary/aromatic N) is 1. The van der Waals surface area contributed by atoms with Crippen molar-refractivity contribution in [3.63, 3.8) is 0 Å². The van der Waals surface area contributed by atoms with E-state index in [1.54, 1.807) is 12.1 Å². The molecule has 1 N–H and O–H groups in total. The second-order valence-electron chi connectivity index (χ2n) is 38.1. The Kier molecular flexibility index (Phi) is 20.9. The summed E-state index contributed by atoms with van der Waals surface area (Å²) in [5.74, 6) is -0.463. The molecule has 7 aliphatic rings. The Bertz CT molecular complexity index is 8560. The Hall–Kier alpha value is -14.5. The summed E-state index contributed by atoms with van der Waals surface area (Å²) in [5, 5.41) is 19.2. The molecule has 10 heteroatoms. The van der Waals surface area contributed by atoms with Crippen LogP contribution in [0.5, 0.6) is 0 Å². The van der Waals surface area contributed by atoms with Gasteiger partial charge in [-0.3, -0.25) is 0 Å². The van der Waals surface area contributed by atoms with Gasteiger partial charge in [0.25, 0.3) is 0 Å². The first kappa shape index (κ1) is 86.1. The molecule has 4 nitrogen and oxygen atoms in total. The molecule has 664 valence electrons. The molecule has 1 saturated heterocycles. The zero-order chi connectivity index (χ0) is 93.8. The number of para-hydroxylation sites is 2. The van der Waals surface area contributed by atoms with Gasteiger partial charge in [-0.1, -0.05) is 341 Å². The molecule has 0 unspecified atom stereocenters. The molecule has 22 aromatic rings. The summed E-state index contributed by atoms with van der Waals surface area (Å²) in [6, 6.07) is 161. The van der Waals surface area contributed by atoms with Gasteiger partial charge in [-0.25, -0.2) is 8.78 Å². The molecule has 1 fully saturated rings. The quantitative estimate of drug-likeness (QED) is 0.0934. The first-order valence-electron chi connectivity index (χ1n) is 47.4. The van der Waals surface area contributed by atoms with Crippen molar-refractivity contribution in [2.24, 2.45) is 0 Å². The van der Waals surface area contributed by atoms with Gasteiger partial charge in [0.05, 0.1) is 27.4 Å². The summed E-state index contributed by atoms with van der Waals surface area (Å²) >= 11 is 9.21. The fourth-order valence-corrected chi connectivity index (χ4v) is 24.5. The van der Waals surface area contributed by atoms with Crippen molar-refractivity contribution in [2.75, 3.05) is 10.2 Å². The van der Waals surface area contributed by atoms with E-state index in [1.165, 1.54) is 209 Å². The minimum absolute atomic E-state index is 0.219. The first-order chi connectivity index (χ1) is 67.9. The predicted octanol–water partition coefficient (Wildman–Crippen LogP) is 34.6. The highest BCUT2D eigenvalue weighted by molar-refractivity contribution is 14.1. The lowest BCUT2D eigenvalue weighted by Gasteiger charge is -2.32. The summed E-state index contributed by atoms with van der Waals surface area (Å²) in [6.07, 6.45) is 0. The molecule has 6 aliphatic carbocycles. The van der Waals surface area contributed by atoms with Crippen LogP contribution >= 0.6 is 54.5 Å². The molecular weight excluding hydrogens is 1940 g/mol. The van der Waals surface area contributed by atoms with Gasteiger partial charge >= 0.3 is 7.12 Å². The predicted molar refractivity (Wildman–Crippen MR) is 589 cm³/mol. The minimum Gasteiger partial charge on any atom is -0.399 e. The van der Waals surface area contributed by atoms with Crippen molar-refractivity contribution in [2.45, 2.75) is 55.1 Å². The Balaban J connectivity index is 0.000000100. The van der Waals surface area contributed by atoms with E-state index in [0.29, 0.717) is 0 Å². The van der Waals surface area contributed by atoms with Gasteiger partial charge < -0.3 is 19.5 Å². The molecule has 0 aromatic heterocycles. The van der Waals surface area contributed by atoms with Crippen LogP contribution in [0, 0.1) is 15.2 Å². The lowest BCUT2D eigenvalue weighted by atomic mass is 9.68. The molecule has 0 amide bonds. The van der Waals surface area contributed by atoms with E-state index in [0.717, 1.165) is 48.4 Å². The van der Waals surface area contributed by atoms with E-state index in [-0.39, 0.29) is 39.1 Å². The van der Waals surface area contributed by atoms with Gasteiger partial charge in [-0.05, 0) is 388 Å². The zero-order valence-corrected chi connectivity index (χ0v) is 81.9. The van der Waals surface area contributed by atoms with Crippen LogP contribution in [-0.4, -0.2) is 18.3 Å². The number of benzene rings is 22. The monoisotopic (exact) mass is 2030 g/mol. The van der Waals surface area contributed by atoms with Gasteiger partial charge in [0.1, 0.15) is 11.6 Å². The fourth-order valence-electron chi connectivity index (χ4n) is 23.6. The van der Waals surface area contributed by atoms with Crippen LogP contribution in [0.1, 0.15) is 94.5 Å². The van der Waals surface area contributed by atoms with Crippen LogP contribution in [0.25, 0.3) is 120 Å². The van der Waals surface area contributed by atoms with Crippen LogP contribution in [0.3, 0.4) is 0 Å². The molecule has 22 aromatic carbocycles. The van der Waals surface area contributed by atoms with Gasteiger partial charge in [0.15, 0.2) is 0 Å². The lowest BCUT2D eigenvalue weighted by molar-refractivity contribution is 0.00578. The SMILES string of the molecule is Brc1ccc(-c2cc3c4c(ccc5cccc(c54)C34c3ccccc3-c3ccccc34)c2)cc1.Brc1ccc(I)cc1.CC1(C)OB(c2cc3c4c(ccc5cccc(c54)C34c3ccccc3-c3ccccc34)c2)OC1(C)C.Fc1ccc(N(c2ccccc2)c2ccc(-c3cc4c5c(ccc6cccc(c65)C45c4ccccc4-c4ccccc45)c3)cc2)cc1.Fc1ccc(Nc2ccccc2)cc1. The van der Waals surface area contributed by atoms with Gasteiger partial charge in [0.2, 0.25) is 0 Å². The van der Waals surface area contributed by atoms with E-state index in [4.69, 9.17) is 9.31 Å². The van der Waals surface area contributed by atoms with Crippen molar-refractivity contribution in [1.82, 2.24) is 0 Å². The van der Waals surface area contributed by atoms with Crippen molar-refractivity contribution in [3.05, 3.63) is 546 Å². The second-order valence-corrected chi connectivity index (χ2v) is 41.1. The number of anilines is 5. The molecule has 0 radical (unpaired) electrons. The Morgan fingerprint density at radius 3 is 0.921 bits per heavy atom. The molecule has 1 heterocycles. The summed E-state index contributed by atoms with van der Waals surface area (Å²) in [4.78, 5) is 2.16. The molecule has 1 aliphatic heterocycles. The molecule has 3 spiro atoms. The van der Waals surface area contributed by atoms with Crippen LogP contribution in [0.15, 0.2) is 464 Å². The smallest absolute Gasteiger partial charge is 0.399 e. The van der Waals surface area contributed by atoms with Gasteiger partial charge in [-0.15, -0.1) is 0 Å². The first-order valence-corrected chi connectivity index (χ1v) is 50.0. The summed E-state index contributed by atoms with van der Waals surface area (Å²) in [7, 11) is -0.404. The second kappa shape index (κ2) is 33.7. The van der Waals surface area contributed by atoms with Crippen LogP contribution in [0.2, 0.25) is 0 Å². The number of hydrogen-bond acceptors (Lipinski definition) is 4. The Morgan fingerprint density at radius 2 is 0.540 bits per heavy atom. The number of halogens is 5. The van der Waals surface area contributed by atoms with Gasteiger partial charge in [0, 0.05) is 41.0 Å². The summed E-state index contributed by atoms with van der Waals surface area (Å²) in [6.45, 7) is 8.49. The minimum atomic E-state index is -0.404. The Morgan fingerprint density at radius 1 is 0.252 bits per heavy atom. The average Bonchev–Trinajstić information content (AvgIpc) is 1.51. The van der Waals surface area contributed by atoms with E-state index in [2.05, 4.69) is 438 Å². The highest BCUT2D eigenvalue weighted by Crippen LogP contribution is 2.67. The third-order valence-corrected chi connectivity index (χ3v) is 31.9.